The van der Waals surface area contributed by atoms with Gasteiger partial charge in [-0.1, -0.05) is 6.07 Å². The first-order chi connectivity index (χ1) is 9.98. The van der Waals surface area contributed by atoms with Crippen LogP contribution in [0.4, 0.5) is 13.2 Å². The molecule has 8 heteroatoms. The van der Waals surface area contributed by atoms with Crippen molar-refractivity contribution in [3.8, 4) is 10.6 Å². The molecule has 2 aromatic heterocycles. The predicted octanol–water partition coefficient (Wildman–Crippen LogP) is 3.15. The van der Waals surface area contributed by atoms with Gasteiger partial charge in [-0.2, -0.15) is 13.2 Å². The van der Waals surface area contributed by atoms with E-state index in [2.05, 4.69) is 4.98 Å². The zero-order chi connectivity index (χ0) is 15.3. The molecule has 0 saturated heterocycles. The molecule has 0 aliphatic carbocycles. The van der Waals surface area contributed by atoms with Gasteiger partial charge < -0.3 is 9.52 Å². The SMILES string of the molecule is OCCCN(Cc1ncc(-c2cccs2)o1)CC(F)(F)F. The summed E-state index contributed by atoms with van der Waals surface area (Å²) in [6, 6.07) is 3.72. The van der Waals surface area contributed by atoms with E-state index in [1.54, 1.807) is 0 Å². The molecule has 0 fully saturated rings. The Morgan fingerprint density at radius 2 is 2.19 bits per heavy atom. The maximum Gasteiger partial charge on any atom is 0.401 e. The number of hydrogen-bond acceptors (Lipinski definition) is 5. The Morgan fingerprint density at radius 1 is 1.38 bits per heavy atom. The van der Waals surface area contributed by atoms with Crippen LogP contribution in [0.2, 0.25) is 0 Å². The number of aliphatic hydroxyl groups excluding tert-OH is 1. The summed E-state index contributed by atoms with van der Waals surface area (Å²) < 4.78 is 43.0. The number of thiophene rings is 1. The summed E-state index contributed by atoms with van der Waals surface area (Å²) in [5, 5.41) is 10.6. The first-order valence-corrected chi connectivity index (χ1v) is 7.24. The largest absolute Gasteiger partial charge is 0.438 e. The van der Waals surface area contributed by atoms with Gasteiger partial charge in [0.15, 0.2) is 5.76 Å². The van der Waals surface area contributed by atoms with Crippen molar-refractivity contribution in [2.45, 2.75) is 19.1 Å². The van der Waals surface area contributed by atoms with E-state index in [4.69, 9.17) is 9.52 Å². The van der Waals surface area contributed by atoms with Crippen molar-refractivity contribution in [2.75, 3.05) is 19.7 Å². The average molecular weight is 320 g/mol. The van der Waals surface area contributed by atoms with Gasteiger partial charge in [-0.3, -0.25) is 4.90 Å². The van der Waals surface area contributed by atoms with Gasteiger partial charge in [-0.05, 0) is 17.9 Å². The topological polar surface area (TPSA) is 49.5 Å². The second-order valence-electron chi connectivity index (χ2n) is 4.50. The molecule has 0 spiro atoms. The van der Waals surface area contributed by atoms with Gasteiger partial charge in [0.1, 0.15) is 0 Å². The molecule has 116 valence electrons. The Hall–Kier alpha value is -1.38. The number of aliphatic hydroxyl groups is 1. The van der Waals surface area contributed by atoms with E-state index in [1.807, 2.05) is 17.5 Å². The van der Waals surface area contributed by atoms with Crippen LogP contribution < -0.4 is 0 Å². The van der Waals surface area contributed by atoms with E-state index in [0.29, 0.717) is 5.76 Å². The molecule has 21 heavy (non-hydrogen) atoms. The van der Waals surface area contributed by atoms with Gasteiger partial charge in [0, 0.05) is 13.2 Å². The van der Waals surface area contributed by atoms with Crippen molar-refractivity contribution in [1.82, 2.24) is 9.88 Å². The molecule has 0 unspecified atom stereocenters. The number of nitrogens with zero attached hydrogens (tertiary/aromatic N) is 2. The zero-order valence-electron chi connectivity index (χ0n) is 11.1. The smallest absolute Gasteiger partial charge is 0.401 e. The van der Waals surface area contributed by atoms with Crippen LogP contribution in [0, 0.1) is 0 Å². The summed E-state index contributed by atoms with van der Waals surface area (Å²) in [6.45, 7) is -1.11. The highest BCUT2D eigenvalue weighted by Crippen LogP contribution is 2.26. The third-order valence-corrected chi connectivity index (χ3v) is 3.60. The van der Waals surface area contributed by atoms with Crippen molar-refractivity contribution in [3.63, 3.8) is 0 Å². The second-order valence-corrected chi connectivity index (χ2v) is 5.45. The van der Waals surface area contributed by atoms with Gasteiger partial charge in [-0.15, -0.1) is 11.3 Å². The fourth-order valence-corrected chi connectivity index (χ4v) is 2.54. The van der Waals surface area contributed by atoms with E-state index >= 15 is 0 Å². The molecule has 0 aliphatic heterocycles. The molecule has 0 amide bonds. The third kappa shape index (κ3) is 5.14. The molecule has 2 aromatic rings. The monoisotopic (exact) mass is 320 g/mol. The maximum atomic E-state index is 12.5. The molecule has 2 rings (SSSR count). The average Bonchev–Trinajstić information content (AvgIpc) is 3.04. The summed E-state index contributed by atoms with van der Waals surface area (Å²) in [4.78, 5) is 6.07. The van der Waals surface area contributed by atoms with Crippen LogP contribution in [0.5, 0.6) is 0 Å². The lowest BCUT2D eigenvalue weighted by atomic mass is 10.3. The quantitative estimate of drug-likeness (QED) is 0.851. The molecule has 0 atom stereocenters. The number of oxazole rings is 1. The van der Waals surface area contributed by atoms with E-state index in [1.165, 1.54) is 22.4 Å². The zero-order valence-corrected chi connectivity index (χ0v) is 12.0. The number of halogens is 3. The highest BCUT2D eigenvalue weighted by atomic mass is 32.1. The van der Waals surface area contributed by atoms with Gasteiger partial charge in [0.25, 0.3) is 0 Å². The van der Waals surface area contributed by atoms with Crippen molar-refractivity contribution in [3.05, 3.63) is 29.6 Å². The summed E-state index contributed by atoms with van der Waals surface area (Å²) in [6.07, 6.45) is -2.51. The minimum atomic E-state index is -4.29. The van der Waals surface area contributed by atoms with Crippen LogP contribution in [0.3, 0.4) is 0 Å². The lowest BCUT2D eigenvalue weighted by Crippen LogP contribution is -2.35. The Bertz CT molecular complexity index is 540. The van der Waals surface area contributed by atoms with Gasteiger partial charge in [-0.25, -0.2) is 4.98 Å². The number of rotatable bonds is 7. The Balaban J connectivity index is 2.02. The molecule has 2 heterocycles. The fraction of sp³-hybridized carbons (Fsp3) is 0.462. The minimum Gasteiger partial charge on any atom is -0.438 e. The van der Waals surface area contributed by atoms with Crippen molar-refractivity contribution < 1.29 is 22.7 Å². The number of hydrogen-bond donors (Lipinski definition) is 1. The molecule has 0 saturated carbocycles. The Labute approximate surface area is 123 Å². The van der Waals surface area contributed by atoms with Crippen LogP contribution in [0.15, 0.2) is 28.1 Å². The fourth-order valence-electron chi connectivity index (χ4n) is 1.87. The van der Waals surface area contributed by atoms with Crippen molar-refractivity contribution >= 4 is 11.3 Å². The summed E-state index contributed by atoms with van der Waals surface area (Å²) in [5.74, 6) is 0.787. The second kappa shape index (κ2) is 7.06. The van der Waals surface area contributed by atoms with Gasteiger partial charge in [0.05, 0.1) is 24.2 Å². The molecule has 0 aliphatic rings. The normalized spacial score (nSPS) is 12.2. The van der Waals surface area contributed by atoms with Crippen LogP contribution >= 0.6 is 11.3 Å². The first-order valence-electron chi connectivity index (χ1n) is 6.36. The maximum absolute atomic E-state index is 12.5. The summed E-state index contributed by atoms with van der Waals surface area (Å²) in [5.41, 5.74) is 0. The standard InChI is InChI=1S/C13H15F3N2O2S/c14-13(15,16)9-18(4-2-5-19)8-12-17-7-10(20-12)11-3-1-6-21-11/h1,3,6-7,19H,2,4-5,8-9H2. The van der Waals surface area contributed by atoms with Crippen LogP contribution in [0.1, 0.15) is 12.3 Å². The van der Waals surface area contributed by atoms with E-state index in [0.717, 1.165) is 4.88 Å². The predicted molar refractivity (Wildman–Crippen MR) is 72.9 cm³/mol. The Morgan fingerprint density at radius 3 is 2.81 bits per heavy atom. The van der Waals surface area contributed by atoms with E-state index in [9.17, 15) is 13.2 Å². The molecule has 0 bridgehead atoms. The molecule has 0 radical (unpaired) electrons. The van der Waals surface area contributed by atoms with E-state index < -0.39 is 12.7 Å². The minimum absolute atomic E-state index is 0.0368. The highest BCUT2D eigenvalue weighted by Gasteiger charge is 2.31. The Kier molecular flexibility index (Phi) is 5.38. The molecular formula is C13H15F3N2O2S. The van der Waals surface area contributed by atoms with Crippen molar-refractivity contribution in [1.29, 1.82) is 0 Å². The van der Waals surface area contributed by atoms with E-state index in [-0.39, 0.29) is 32.0 Å². The number of aromatic nitrogens is 1. The third-order valence-electron chi connectivity index (χ3n) is 2.71. The first kappa shape index (κ1) is 16.0. The lowest BCUT2D eigenvalue weighted by Gasteiger charge is -2.21. The van der Waals surface area contributed by atoms with Crippen LogP contribution in [-0.2, 0) is 6.54 Å². The van der Waals surface area contributed by atoms with Gasteiger partial charge >= 0.3 is 6.18 Å². The lowest BCUT2D eigenvalue weighted by molar-refractivity contribution is -0.148. The molecule has 0 aromatic carbocycles. The van der Waals surface area contributed by atoms with Gasteiger partial charge in [0.2, 0.25) is 5.89 Å². The highest BCUT2D eigenvalue weighted by molar-refractivity contribution is 7.13. The molecule has 1 N–H and O–H groups in total. The van der Waals surface area contributed by atoms with Crippen molar-refractivity contribution in [2.24, 2.45) is 0 Å². The summed E-state index contributed by atoms with van der Waals surface area (Å²) >= 11 is 1.47. The molecule has 4 nitrogen and oxygen atoms in total. The number of alkyl halides is 3. The van der Waals surface area contributed by atoms with Crippen LogP contribution in [-0.4, -0.2) is 40.9 Å². The summed E-state index contributed by atoms with van der Waals surface area (Å²) in [7, 11) is 0. The van der Waals surface area contributed by atoms with Crippen LogP contribution in [0.25, 0.3) is 10.6 Å². The molecular weight excluding hydrogens is 305 g/mol.